The molecule has 0 unspecified atom stereocenters. The molecule has 5 heteroatoms. The van der Waals surface area contributed by atoms with Crippen LogP contribution in [0.1, 0.15) is 23.2 Å². The second kappa shape index (κ2) is 5.71. The number of nitrogen functional groups attached to an aromatic ring is 1. The molecule has 1 amide bonds. The molecule has 4 nitrogen and oxygen atoms in total. The van der Waals surface area contributed by atoms with Gasteiger partial charge >= 0.3 is 0 Å². The highest BCUT2D eigenvalue weighted by Crippen LogP contribution is 2.22. The van der Waals surface area contributed by atoms with Gasteiger partial charge < -0.3 is 15.4 Å². The van der Waals surface area contributed by atoms with Crippen molar-refractivity contribution in [2.45, 2.75) is 18.9 Å². The number of hydrogen-bond donors (Lipinski definition) is 1. The Balaban J connectivity index is 2.05. The van der Waals surface area contributed by atoms with Gasteiger partial charge in [-0.05, 0) is 47.0 Å². The molecule has 0 spiro atoms. The van der Waals surface area contributed by atoms with Crippen LogP contribution in [0.5, 0.6) is 0 Å². The van der Waals surface area contributed by atoms with Crippen LogP contribution >= 0.6 is 15.9 Å². The number of nitrogens with two attached hydrogens (primary N) is 1. The highest BCUT2D eigenvalue weighted by molar-refractivity contribution is 9.10. The number of hydrogen-bond acceptors (Lipinski definition) is 3. The number of nitrogens with zero attached hydrogens (tertiary/aromatic N) is 1. The van der Waals surface area contributed by atoms with Gasteiger partial charge in [0.05, 0.1) is 6.10 Å². The molecule has 2 rings (SSSR count). The lowest BCUT2D eigenvalue weighted by atomic mass is 10.1. The second-order valence-corrected chi connectivity index (χ2v) is 5.32. The fourth-order valence-corrected chi connectivity index (χ4v) is 2.40. The minimum atomic E-state index is 0.0451. The number of likely N-dealkylation sites (tertiary alicyclic amines) is 1. The van der Waals surface area contributed by atoms with E-state index < -0.39 is 0 Å². The highest BCUT2D eigenvalue weighted by atomic mass is 79.9. The molecule has 0 saturated carbocycles. The molecule has 1 aliphatic heterocycles. The Morgan fingerprint density at radius 1 is 1.44 bits per heavy atom. The Hall–Kier alpha value is -1.07. The van der Waals surface area contributed by atoms with E-state index in [1.807, 2.05) is 11.0 Å². The van der Waals surface area contributed by atoms with Crippen molar-refractivity contribution in [2.75, 3.05) is 25.9 Å². The Morgan fingerprint density at radius 3 is 2.67 bits per heavy atom. The number of carbonyl (C=O) groups excluding carboxylic acids is 1. The van der Waals surface area contributed by atoms with Crippen LogP contribution in [-0.4, -0.2) is 37.1 Å². The molecule has 1 aromatic carbocycles. The Kier molecular flexibility index (Phi) is 4.24. The SMILES string of the molecule is COC1CCN(C(=O)c2ccc(Br)c(N)c2)CC1. The first-order valence-corrected chi connectivity index (χ1v) is 6.78. The maximum absolute atomic E-state index is 12.3. The summed E-state index contributed by atoms with van der Waals surface area (Å²) in [5, 5.41) is 0. The topological polar surface area (TPSA) is 55.6 Å². The number of halogens is 1. The molecule has 0 aromatic heterocycles. The zero-order valence-corrected chi connectivity index (χ0v) is 11.9. The minimum absolute atomic E-state index is 0.0451. The number of ether oxygens (including phenoxy) is 1. The van der Waals surface area contributed by atoms with Crippen molar-refractivity contribution in [3.63, 3.8) is 0 Å². The third-order valence-electron chi connectivity index (χ3n) is 3.31. The third kappa shape index (κ3) is 2.84. The number of rotatable bonds is 2. The molecule has 0 radical (unpaired) electrons. The van der Waals surface area contributed by atoms with E-state index in [-0.39, 0.29) is 12.0 Å². The maximum atomic E-state index is 12.3. The molecule has 0 atom stereocenters. The number of benzene rings is 1. The number of amides is 1. The molecule has 1 heterocycles. The lowest BCUT2D eigenvalue weighted by molar-refractivity contribution is 0.0351. The van der Waals surface area contributed by atoms with Crippen LogP contribution in [0.4, 0.5) is 5.69 Å². The Morgan fingerprint density at radius 2 is 2.11 bits per heavy atom. The summed E-state index contributed by atoms with van der Waals surface area (Å²) in [4.78, 5) is 14.1. The zero-order valence-electron chi connectivity index (χ0n) is 10.4. The van der Waals surface area contributed by atoms with Crippen molar-refractivity contribution in [3.8, 4) is 0 Å². The van der Waals surface area contributed by atoms with E-state index in [0.717, 1.165) is 30.4 Å². The summed E-state index contributed by atoms with van der Waals surface area (Å²) in [5.74, 6) is 0.0451. The first kappa shape index (κ1) is 13.4. The van der Waals surface area contributed by atoms with Gasteiger partial charge in [0, 0.05) is 35.9 Å². The minimum Gasteiger partial charge on any atom is -0.398 e. The van der Waals surface area contributed by atoms with E-state index in [0.29, 0.717) is 11.3 Å². The van der Waals surface area contributed by atoms with Gasteiger partial charge in [-0.15, -0.1) is 0 Å². The van der Waals surface area contributed by atoms with Gasteiger partial charge in [0.1, 0.15) is 0 Å². The summed E-state index contributed by atoms with van der Waals surface area (Å²) >= 11 is 3.33. The third-order valence-corrected chi connectivity index (χ3v) is 4.03. The molecular formula is C13H17BrN2O2. The van der Waals surface area contributed by atoms with Gasteiger partial charge in [-0.25, -0.2) is 0 Å². The van der Waals surface area contributed by atoms with Gasteiger partial charge in [-0.1, -0.05) is 0 Å². The van der Waals surface area contributed by atoms with Crippen molar-refractivity contribution in [1.29, 1.82) is 0 Å². The average molecular weight is 313 g/mol. The van der Waals surface area contributed by atoms with Crippen LogP contribution in [0.15, 0.2) is 22.7 Å². The van der Waals surface area contributed by atoms with Gasteiger partial charge in [0.2, 0.25) is 0 Å². The van der Waals surface area contributed by atoms with Crippen molar-refractivity contribution >= 4 is 27.5 Å². The van der Waals surface area contributed by atoms with Gasteiger partial charge in [0.25, 0.3) is 5.91 Å². The predicted octanol–water partition coefficient (Wildman–Crippen LogP) is 2.28. The number of methoxy groups -OCH3 is 1. The summed E-state index contributed by atoms with van der Waals surface area (Å²) in [5.41, 5.74) is 7.03. The lowest BCUT2D eigenvalue weighted by Crippen LogP contribution is -2.40. The van der Waals surface area contributed by atoms with Gasteiger partial charge in [-0.2, -0.15) is 0 Å². The van der Waals surface area contributed by atoms with Gasteiger partial charge in [-0.3, -0.25) is 4.79 Å². The molecule has 1 fully saturated rings. The number of piperidine rings is 1. The standard InChI is InChI=1S/C13H17BrN2O2/c1-18-10-4-6-16(7-5-10)13(17)9-2-3-11(14)12(15)8-9/h2-3,8,10H,4-7,15H2,1H3. The van der Waals surface area contributed by atoms with Crippen LogP contribution in [-0.2, 0) is 4.74 Å². The molecule has 2 N–H and O–H groups in total. The molecule has 0 bridgehead atoms. The smallest absolute Gasteiger partial charge is 0.253 e. The zero-order chi connectivity index (χ0) is 13.1. The molecule has 98 valence electrons. The average Bonchev–Trinajstić information content (AvgIpc) is 2.41. The van der Waals surface area contributed by atoms with Crippen molar-refractivity contribution in [3.05, 3.63) is 28.2 Å². The lowest BCUT2D eigenvalue weighted by Gasteiger charge is -2.31. The Bertz CT molecular complexity index is 443. The van der Waals surface area contributed by atoms with E-state index >= 15 is 0 Å². The fourth-order valence-electron chi connectivity index (χ4n) is 2.15. The van der Waals surface area contributed by atoms with Crippen molar-refractivity contribution < 1.29 is 9.53 Å². The fraction of sp³-hybridized carbons (Fsp3) is 0.462. The van der Waals surface area contributed by atoms with E-state index in [4.69, 9.17) is 10.5 Å². The molecule has 1 aliphatic rings. The van der Waals surface area contributed by atoms with E-state index in [9.17, 15) is 4.79 Å². The van der Waals surface area contributed by atoms with E-state index in [2.05, 4.69) is 15.9 Å². The van der Waals surface area contributed by atoms with Crippen molar-refractivity contribution in [2.24, 2.45) is 0 Å². The summed E-state index contributed by atoms with van der Waals surface area (Å²) in [6.45, 7) is 1.49. The molecule has 0 aliphatic carbocycles. The van der Waals surface area contributed by atoms with Crippen LogP contribution in [0.2, 0.25) is 0 Å². The molecule has 18 heavy (non-hydrogen) atoms. The molecule has 1 aromatic rings. The first-order chi connectivity index (χ1) is 8.61. The predicted molar refractivity (Wildman–Crippen MR) is 74.5 cm³/mol. The molecular weight excluding hydrogens is 296 g/mol. The van der Waals surface area contributed by atoms with Crippen molar-refractivity contribution in [1.82, 2.24) is 4.90 Å². The highest BCUT2D eigenvalue weighted by Gasteiger charge is 2.23. The maximum Gasteiger partial charge on any atom is 0.253 e. The van der Waals surface area contributed by atoms with E-state index in [1.54, 1.807) is 19.2 Å². The second-order valence-electron chi connectivity index (χ2n) is 4.46. The first-order valence-electron chi connectivity index (χ1n) is 5.99. The Labute approximate surface area is 115 Å². The molecule has 1 saturated heterocycles. The summed E-state index contributed by atoms with van der Waals surface area (Å²) in [6.07, 6.45) is 2.08. The van der Waals surface area contributed by atoms with Crippen LogP contribution in [0, 0.1) is 0 Å². The summed E-state index contributed by atoms with van der Waals surface area (Å²) in [6, 6.07) is 5.32. The quantitative estimate of drug-likeness (QED) is 0.852. The monoisotopic (exact) mass is 312 g/mol. The largest absolute Gasteiger partial charge is 0.398 e. The van der Waals surface area contributed by atoms with Crippen LogP contribution in [0.25, 0.3) is 0 Å². The van der Waals surface area contributed by atoms with Crippen LogP contribution < -0.4 is 5.73 Å². The summed E-state index contributed by atoms with van der Waals surface area (Å²) in [7, 11) is 1.72. The number of anilines is 1. The number of carbonyl (C=O) groups is 1. The van der Waals surface area contributed by atoms with Crippen LogP contribution in [0.3, 0.4) is 0 Å². The normalized spacial score (nSPS) is 16.9. The van der Waals surface area contributed by atoms with Gasteiger partial charge in [0.15, 0.2) is 0 Å². The van der Waals surface area contributed by atoms with E-state index in [1.165, 1.54) is 0 Å². The summed E-state index contributed by atoms with van der Waals surface area (Å²) < 4.78 is 6.11.